The van der Waals surface area contributed by atoms with Crippen LogP contribution in [0.25, 0.3) is 0 Å². The fourth-order valence-corrected chi connectivity index (χ4v) is 7.90. The maximum absolute atomic E-state index is 15.3. The van der Waals surface area contributed by atoms with Crippen molar-refractivity contribution in [1.29, 1.82) is 0 Å². The molecule has 3 aliphatic rings. The lowest BCUT2D eigenvalue weighted by molar-refractivity contribution is -0.000327. The molecule has 1 heterocycles. The van der Waals surface area contributed by atoms with Gasteiger partial charge in [0.25, 0.3) is 0 Å². The van der Waals surface area contributed by atoms with Crippen molar-refractivity contribution in [2.75, 3.05) is 25.2 Å². The van der Waals surface area contributed by atoms with E-state index in [-0.39, 0.29) is 40.4 Å². The number of aromatic carboxylic acids is 1. The number of ether oxygens (including phenoxy) is 2. The summed E-state index contributed by atoms with van der Waals surface area (Å²) in [5.41, 5.74) is 3.41. The van der Waals surface area contributed by atoms with Crippen molar-refractivity contribution in [2.24, 2.45) is 28.8 Å². The van der Waals surface area contributed by atoms with E-state index in [1.54, 1.807) is 38.3 Å². The van der Waals surface area contributed by atoms with Crippen LogP contribution in [0.4, 0.5) is 10.1 Å². The second-order valence-corrected chi connectivity index (χ2v) is 14.9. The molecule has 0 spiro atoms. The minimum absolute atomic E-state index is 0.0943. The second kappa shape index (κ2) is 13.4. The highest BCUT2D eigenvalue weighted by Crippen LogP contribution is 2.47. The van der Waals surface area contributed by atoms with Crippen molar-refractivity contribution in [2.45, 2.75) is 70.3 Å². The highest BCUT2D eigenvalue weighted by Gasteiger charge is 2.43. The molecule has 1 saturated carbocycles. The Bertz CT molecular complexity index is 1530. The van der Waals surface area contributed by atoms with Gasteiger partial charge in [-0.25, -0.2) is 22.7 Å². The van der Waals surface area contributed by atoms with E-state index in [4.69, 9.17) is 26.2 Å². The Balaban J connectivity index is 1.43. The number of halogens is 2. The molecule has 0 unspecified atom stereocenters. The Morgan fingerprint density at radius 1 is 1.23 bits per heavy atom. The largest absolute Gasteiger partial charge is 0.491 e. The molecular weight excluding hydrogens is 607 g/mol. The summed E-state index contributed by atoms with van der Waals surface area (Å²) in [6.45, 7) is 4.99. The third-order valence-corrected chi connectivity index (χ3v) is 11.8. The zero-order valence-corrected chi connectivity index (χ0v) is 27.0. The highest BCUT2D eigenvalue weighted by atomic mass is 35.5. The van der Waals surface area contributed by atoms with E-state index in [9.17, 15) is 18.3 Å². The van der Waals surface area contributed by atoms with Crippen LogP contribution in [0.2, 0.25) is 5.02 Å². The van der Waals surface area contributed by atoms with Gasteiger partial charge < -0.3 is 19.5 Å². The van der Waals surface area contributed by atoms with Gasteiger partial charge in [0.05, 0.1) is 34.2 Å². The van der Waals surface area contributed by atoms with Gasteiger partial charge in [0.2, 0.25) is 10.0 Å². The van der Waals surface area contributed by atoms with Crippen LogP contribution >= 0.6 is 11.6 Å². The van der Waals surface area contributed by atoms with E-state index >= 15 is 4.39 Å². The van der Waals surface area contributed by atoms with Gasteiger partial charge in [0.1, 0.15) is 11.6 Å². The van der Waals surface area contributed by atoms with Gasteiger partial charge in [-0.2, -0.15) is 0 Å². The fourth-order valence-electron chi connectivity index (χ4n) is 6.92. The summed E-state index contributed by atoms with van der Waals surface area (Å²) in [6.07, 6.45) is 6.73. The molecule has 3 N–H and O–H groups in total. The molecule has 2 aromatic carbocycles. The molecule has 8 nitrogen and oxygen atoms in total. The zero-order chi connectivity index (χ0) is 31.8. The lowest BCUT2D eigenvalue weighted by Crippen LogP contribution is -2.46. The van der Waals surface area contributed by atoms with E-state index in [2.05, 4.69) is 11.0 Å². The quantitative estimate of drug-likeness (QED) is 0.311. The zero-order valence-electron chi connectivity index (χ0n) is 25.5. The molecule has 2 aromatic rings. The maximum Gasteiger partial charge on any atom is 0.335 e. The molecule has 0 aromatic heterocycles. The van der Waals surface area contributed by atoms with E-state index in [0.29, 0.717) is 43.1 Å². The summed E-state index contributed by atoms with van der Waals surface area (Å²) in [7, 11) is -1.91. The number of carboxylic acids is 1. The van der Waals surface area contributed by atoms with E-state index in [0.717, 1.165) is 37.7 Å². The van der Waals surface area contributed by atoms with Gasteiger partial charge >= 0.3 is 5.97 Å². The fraction of sp³-hybridized carbons (Fsp3) is 0.545. The van der Waals surface area contributed by atoms with Gasteiger partial charge in [0.15, 0.2) is 0 Å². The lowest BCUT2D eigenvalue weighted by Gasteiger charge is -2.47. The number of primary sulfonamides is 1. The highest BCUT2D eigenvalue weighted by molar-refractivity contribution is 7.89. The van der Waals surface area contributed by atoms with Gasteiger partial charge in [0, 0.05) is 20.2 Å². The van der Waals surface area contributed by atoms with Crippen molar-refractivity contribution in [3.8, 4) is 5.75 Å². The van der Waals surface area contributed by atoms with Crippen LogP contribution in [0, 0.1) is 29.5 Å². The first-order valence-electron chi connectivity index (χ1n) is 15.3. The first-order chi connectivity index (χ1) is 20.9. The average Bonchev–Trinajstić information content (AvgIpc) is 2.97. The number of fused-ring (bicyclic) bond motifs is 2. The smallest absolute Gasteiger partial charge is 0.335 e. The van der Waals surface area contributed by atoms with Crippen molar-refractivity contribution in [3.63, 3.8) is 0 Å². The number of hydrogen-bond acceptors (Lipinski definition) is 6. The molecule has 0 saturated heterocycles. The summed E-state index contributed by atoms with van der Waals surface area (Å²) in [5, 5.41) is 14.7. The first-order valence-corrected chi connectivity index (χ1v) is 17.3. The minimum Gasteiger partial charge on any atom is -0.491 e. The molecule has 11 heteroatoms. The van der Waals surface area contributed by atoms with Gasteiger partial charge in [-0.15, -0.1) is 0 Å². The van der Waals surface area contributed by atoms with Crippen LogP contribution in [-0.2, 0) is 27.7 Å². The number of benzene rings is 2. The number of carbonyl (C=O) groups is 1. The SMILES string of the molecule is CO[C@@H](C1=C[C@H]([C@H](C)[C@@H](C)S(N)(=O)=O)C1)[C@@H]1CC[C@H]1CN1Cc2ccc(Cl)c(F)c2CCCCOc2ccc(C(=O)O)cc21. The Morgan fingerprint density at radius 3 is 2.61 bits per heavy atom. The number of nitrogens with zero attached hydrogens (tertiary/aromatic N) is 1. The van der Waals surface area contributed by atoms with E-state index in [1.165, 1.54) is 5.57 Å². The van der Waals surface area contributed by atoms with Crippen molar-refractivity contribution in [1.82, 2.24) is 0 Å². The second-order valence-electron chi connectivity index (χ2n) is 12.6. The van der Waals surface area contributed by atoms with E-state index in [1.807, 2.05) is 13.0 Å². The first kappa shape index (κ1) is 32.7. The van der Waals surface area contributed by atoms with Gasteiger partial charge in [-0.3, -0.25) is 0 Å². The van der Waals surface area contributed by atoms with Crippen LogP contribution in [0.5, 0.6) is 5.75 Å². The molecular formula is C33H42ClFN2O6S. The molecule has 0 bridgehead atoms. The molecule has 0 amide bonds. The Hall–Kier alpha value is -2.66. The van der Waals surface area contributed by atoms with E-state index < -0.39 is 27.1 Å². The summed E-state index contributed by atoms with van der Waals surface area (Å²) in [4.78, 5) is 14.1. The van der Waals surface area contributed by atoms with Crippen LogP contribution in [-0.4, -0.2) is 51.1 Å². The van der Waals surface area contributed by atoms with Crippen LogP contribution < -0.4 is 14.8 Å². The molecule has 1 fully saturated rings. The number of hydrogen-bond donors (Lipinski definition) is 2. The van der Waals surface area contributed by atoms with Crippen LogP contribution in [0.3, 0.4) is 0 Å². The number of sulfonamides is 1. The van der Waals surface area contributed by atoms with Gasteiger partial charge in [-0.05, 0) is 110 Å². The molecule has 44 heavy (non-hydrogen) atoms. The van der Waals surface area contributed by atoms with Crippen molar-refractivity contribution >= 4 is 33.3 Å². The standard InChI is InChI=1S/C33H42ClFN2O6S/c1-19(20(2)44(36,40)41)24-14-25(15-24)32(42-3)27-10-7-23(27)18-37-17-22-8-11-28(34)31(35)26(22)6-4-5-13-43-30-12-9-21(33(38)39)16-29(30)37/h8-9,11-12,14,16,19-20,23-24,27,32H,4-7,10,13,15,17-18H2,1-3H3,(H,38,39)(H2,36,40,41)/t19-,20-,23+,24+,27-,32+/m1/s1. The predicted octanol–water partition coefficient (Wildman–Crippen LogP) is 6.20. The number of methoxy groups -OCH3 is 1. The molecule has 2 aliphatic carbocycles. The normalized spacial score (nSPS) is 24.2. The van der Waals surface area contributed by atoms with Crippen LogP contribution in [0.15, 0.2) is 42.0 Å². The predicted molar refractivity (Wildman–Crippen MR) is 169 cm³/mol. The average molecular weight is 649 g/mol. The molecule has 240 valence electrons. The Kier molecular flexibility index (Phi) is 9.94. The minimum atomic E-state index is -3.62. The lowest BCUT2D eigenvalue weighted by atomic mass is 9.64. The van der Waals surface area contributed by atoms with Crippen LogP contribution in [0.1, 0.15) is 67.4 Å². The number of carboxylic acid groups (broad SMARTS) is 1. The maximum atomic E-state index is 15.3. The van der Waals surface area contributed by atoms with Crippen molar-refractivity contribution < 1.29 is 32.2 Å². The number of nitrogens with two attached hydrogens (primary N) is 1. The monoisotopic (exact) mass is 648 g/mol. The Morgan fingerprint density at radius 2 is 1.98 bits per heavy atom. The molecule has 0 radical (unpaired) electrons. The molecule has 1 aliphatic heterocycles. The topological polar surface area (TPSA) is 119 Å². The number of allylic oxidation sites excluding steroid dienone is 1. The van der Waals surface area contributed by atoms with Gasteiger partial charge in [-0.1, -0.05) is 30.7 Å². The summed E-state index contributed by atoms with van der Waals surface area (Å²) < 4.78 is 51.3. The summed E-state index contributed by atoms with van der Waals surface area (Å²) in [5.74, 6) is -0.347. The molecule has 5 rings (SSSR count). The summed E-state index contributed by atoms with van der Waals surface area (Å²) >= 11 is 6.19. The Labute approximate surface area is 264 Å². The number of rotatable bonds is 9. The molecule has 6 atom stereocenters. The number of anilines is 1. The van der Waals surface area contributed by atoms with Crippen molar-refractivity contribution in [3.05, 3.63) is 69.5 Å². The third-order valence-electron chi connectivity index (χ3n) is 10.1. The summed E-state index contributed by atoms with van der Waals surface area (Å²) in [6, 6.07) is 8.37. The third kappa shape index (κ3) is 6.78.